The highest BCUT2D eigenvalue weighted by Gasteiger charge is 2.21. The van der Waals surface area contributed by atoms with Crippen LogP contribution < -0.4 is 0 Å². The van der Waals surface area contributed by atoms with Crippen LogP contribution >= 0.6 is 0 Å². The summed E-state index contributed by atoms with van der Waals surface area (Å²) in [5.74, 6) is 1.20. The first-order valence-electron chi connectivity index (χ1n) is 7.05. The summed E-state index contributed by atoms with van der Waals surface area (Å²) in [5.41, 5.74) is 0. The molecule has 0 rings (SSSR count). The average molecular weight is 259 g/mol. The fourth-order valence-corrected chi connectivity index (χ4v) is 3.02. The summed E-state index contributed by atoms with van der Waals surface area (Å²) in [6.45, 7) is 20.5. The van der Waals surface area contributed by atoms with Gasteiger partial charge in [0.1, 0.15) is 6.54 Å². The van der Waals surface area contributed by atoms with Crippen molar-refractivity contribution in [1.82, 2.24) is 0 Å². The minimum absolute atomic E-state index is 1.02. The fourth-order valence-electron chi connectivity index (χ4n) is 2.01. The molecule has 0 amide bonds. The van der Waals surface area contributed by atoms with Crippen molar-refractivity contribution >= 4 is 8.32 Å². The highest BCUT2D eigenvalue weighted by atomic mass is 28.4. The van der Waals surface area contributed by atoms with Gasteiger partial charge in [0.15, 0.2) is 0 Å². The Morgan fingerprint density at radius 2 is 1.47 bits per heavy atom. The second-order valence-corrected chi connectivity index (χ2v) is 10.1. The van der Waals surface area contributed by atoms with Gasteiger partial charge in [-0.2, -0.15) is 0 Å². The van der Waals surface area contributed by atoms with Crippen molar-refractivity contribution in [2.24, 2.45) is 0 Å². The lowest BCUT2D eigenvalue weighted by atomic mass is 10.3. The van der Waals surface area contributed by atoms with Crippen molar-refractivity contribution in [2.45, 2.75) is 53.8 Å². The van der Waals surface area contributed by atoms with Crippen LogP contribution in [0.25, 0.3) is 0 Å². The second-order valence-electron chi connectivity index (χ2n) is 5.71. The molecule has 0 bridgehead atoms. The molecule has 0 unspecified atom stereocenters. The Bertz CT molecular complexity index is 231. The molecule has 0 atom stereocenters. The van der Waals surface area contributed by atoms with Crippen LogP contribution in [0.15, 0.2) is 11.8 Å². The Labute approximate surface area is 109 Å². The van der Waals surface area contributed by atoms with Crippen molar-refractivity contribution < 1.29 is 8.91 Å². The van der Waals surface area contributed by atoms with Crippen LogP contribution in [0.2, 0.25) is 19.6 Å². The predicted molar refractivity (Wildman–Crippen MR) is 79.6 cm³/mol. The zero-order valence-electron chi connectivity index (χ0n) is 13.0. The Morgan fingerprint density at radius 1 is 1.00 bits per heavy atom. The van der Waals surface area contributed by atoms with E-state index in [1.54, 1.807) is 0 Å². The normalized spacial score (nSPS) is 13.9. The Balaban J connectivity index is 4.64. The lowest BCUT2D eigenvalue weighted by Gasteiger charge is -2.35. The molecule has 2 nitrogen and oxygen atoms in total. The molecular formula is C14H32NOSi+. The van der Waals surface area contributed by atoms with Crippen LogP contribution in [-0.4, -0.2) is 39.0 Å². The SMILES string of the molecule is CC/C(=C\C[N+](CC)(CC)CC)O[Si](C)(C)C. The van der Waals surface area contributed by atoms with Gasteiger partial charge in [0.2, 0.25) is 8.32 Å². The Hall–Kier alpha value is -0.283. The van der Waals surface area contributed by atoms with E-state index >= 15 is 0 Å². The van der Waals surface area contributed by atoms with E-state index in [4.69, 9.17) is 4.43 Å². The first-order chi connectivity index (χ1) is 7.82. The number of allylic oxidation sites excluding steroid dienone is 1. The van der Waals surface area contributed by atoms with Gasteiger partial charge in [-0.05, 0) is 40.4 Å². The molecule has 0 saturated carbocycles. The van der Waals surface area contributed by atoms with E-state index in [9.17, 15) is 0 Å². The zero-order valence-corrected chi connectivity index (χ0v) is 14.0. The minimum Gasteiger partial charge on any atom is -0.547 e. The minimum atomic E-state index is -1.44. The van der Waals surface area contributed by atoms with E-state index in [0.29, 0.717) is 0 Å². The van der Waals surface area contributed by atoms with Gasteiger partial charge in [0.05, 0.1) is 25.4 Å². The van der Waals surface area contributed by atoms with Gasteiger partial charge < -0.3 is 8.91 Å². The van der Waals surface area contributed by atoms with Gasteiger partial charge in [-0.25, -0.2) is 0 Å². The van der Waals surface area contributed by atoms with Gasteiger partial charge in [0, 0.05) is 12.5 Å². The van der Waals surface area contributed by atoms with Crippen LogP contribution in [0.1, 0.15) is 34.1 Å². The molecule has 0 aromatic rings. The van der Waals surface area contributed by atoms with Crippen LogP contribution in [-0.2, 0) is 4.43 Å². The summed E-state index contributed by atoms with van der Waals surface area (Å²) >= 11 is 0. The molecule has 102 valence electrons. The summed E-state index contributed by atoms with van der Waals surface area (Å²) in [6, 6.07) is 0. The maximum atomic E-state index is 6.11. The van der Waals surface area contributed by atoms with E-state index < -0.39 is 8.32 Å². The monoisotopic (exact) mass is 258 g/mol. The number of quaternary nitrogens is 1. The number of likely N-dealkylation sites (N-methyl/N-ethyl adjacent to an activating group) is 1. The highest BCUT2D eigenvalue weighted by Crippen LogP contribution is 2.15. The van der Waals surface area contributed by atoms with E-state index in [1.165, 1.54) is 29.9 Å². The summed E-state index contributed by atoms with van der Waals surface area (Å²) < 4.78 is 7.27. The number of hydrogen-bond donors (Lipinski definition) is 0. The molecular weight excluding hydrogens is 226 g/mol. The standard InChI is InChI=1S/C14H32NOSi/c1-8-14(16-17(5,6)7)12-13-15(9-2,10-3)11-4/h12H,8-11,13H2,1-7H3/q+1/b14-12+. The number of nitrogens with zero attached hydrogens (tertiary/aromatic N) is 1. The van der Waals surface area contributed by atoms with Crippen molar-refractivity contribution in [3.05, 3.63) is 11.8 Å². The summed E-state index contributed by atoms with van der Waals surface area (Å²) in [5, 5.41) is 0. The topological polar surface area (TPSA) is 9.23 Å². The van der Waals surface area contributed by atoms with Gasteiger partial charge >= 0.3 is 0 Å². The number of rotatable bonds is 8. The van der Waals surface area contributed by atoms with E-state index in [1.807, 2.05) is 0 Å². The smallest absolute Gasteiger partial charge is 0.241 e. The molecule has 0 aliphatic carbocycles. The molecule has 3 heteroatoms. The van der Waals surface area contributed by atoms with Crippen molar-refractivity contribution in [1.29, 1.82) is 0 Å². The summed E-state index contributed by atoms with van der Waals surface area (Å²) in [4.78, 5) is 0. The highest BCUT2D eigenvalue weighted by molar-refractivity contribution is 6.70. The number of hydrogen-bond acceptors (Lipinski definition) is 1. The van der Waals surface area contributed by atoms with Crippen molar-refractivity contribution in [3.63, 3.8) is 0 Å². The Morgan fingerprint density at radius 3 is 1.76 bits per heavy atom. The lowest BCUT2D eigenvalue weighted by Crippen LogP contribution is -2.47. The van der Waals surface area contributed by atoms with Crippen molar-refractivity contribution in [2.75, 3.05) is 26.2 Å². The average Bonchev–Trinajstić information content (AvgIpc) is 2.28. The van der Waals surface area contributed by atoms with Gasteiger partial charge in [0.25, 0.3) is 0 Å². The molecule has 0 spiro atoms. The molecule has 0 saturated heterocycles. The zero-order chi connectivity index (χ0) is 13.5. The fraction of sp³-hybridized carbons (Fsp3) is 0.857. The molecule has 0 aliphatic heterocycles. The summed E-state index contributed by atoms with van der Waals surface area (Å²) in [7, 11) is -1.44. The maximum Gasteiger partial charge on any atom is 0.241 e. The summed E-state index contributed by atoms with van der Waals surface area (Å²) in [6.07, 6.45) is 3.34. The third-order valence-corrected chi connectivity index (χ3v) is 4.38. The lowest BCUT2D eigenvalue weighted by molar-refractivity contribution is -0.917. The van der Waals surface area contributed by atoms with Crippen LogP contribution in [0, 0.1) is 0 Å². The van der Waals surface area contributed by atoms with Crippen LogP contribution in [0.3, 0.4) is 0 Å². The van der Waals surface area contributed by atoms with Crippen molar-refractivity contribution in [3.8, 4) is 0 Å². The van der Waals surface area contributed by atoms with E-state index in [-0.39, 0.29) is 0 Å². The molecule has 0 heterocycles. The van der Waals surface area contributed by atoms with Gasteiger partial charge in [-0.15, -0.1) is 0 Å². The maximum absolute atomic E-state index is 6.11. The molecule has 0 aromatic heterocycles. The molecule has 0 radical (unpaired) electrons. The molecule has 0 aliphatic rings. The van der Waals surface area contributed by atoms with Gasteiger partial charge in [-0.3, -0.25) is 0 Å². The van der Waals surface area contributed by atoms with Crippen LogP contribution in [0.5, 0.6) is 0 Å². The van der Waals surface area contributed by atoms with Crippen LogP contribution in [0.4, 0.5) is 0 Å². The third-order valence-electron chi connectivity index (χ3n) is 3.50. The van der Waals surface area contributed by atoms with E-state index in [2.05, 4.69) is 53.4 Å². The van der Waals surface area contributed by atoms with Gasteiger partial charge in [-0.1, -0.05) is 6.92 Å². The predicted octanol–water partition coefficient (Wildman–Crippen LogP) is 4.01. The third kappa shape index (κ3) is 6.27. The first kappa shape index (κ1) is 16.7. The van der Waals surface area contributed by atoms with E-state index in [0.717, 1.165) is 13.0 Å². The molecule has 0 fully saturated rings. The molecule has 0 N–H and O–H groups in total. The second kappa shape index (κ2) is 7.22. The first-order valence-corrected chi connectivity index (χ1v) is 10.5. The Kier molecular flexibility index (Phi) is 7.10. The molecule has 17 heavy (non-hydrogen) atoms. The molecule has 0 aromatic carbocycles. The largest absolute Gasteiger partial charge is 0.547 e. The quantitative estimate of drug-likeness (QED) is 0.363.